The molecular weight excluding hydrogens is 380 g/mol. The molecular formula is C21H25ClN2O4. The van der Waals surface area contributed by atoms with Gasteiger partial charge in [-0.25, -0.2) is 0 Å². The zero-order valence-electron chi connectivity index (χ0n) is 16.3. The lowest BCUT2D eigenvalue weighted by molar-refractivity contribution is 0.0945. The number of carbonyl (C=O) groups excluding carboxylic acids is 1. The van der Waals surface area contributed by atoms with E-state index in [-0.39, 0.29) is 11.8 Å². The second-order valence-electron chi connectivity index (χ2n) is 6.51. The van der Waals surface area contributed by atoms with E-state index >= 15 is 0 Å². The average Bonchev–Trinajstić information content (AvgIpc) is 2.71. The summed E-state index contributed by atoms with van der Waals surface area (Å²) in [6, 6.07) is 8.95. The summed E-state index contributed by atoms with van der Waals surface area (Å²) in [7, 11) is 3.17. The van der Waals surface area contributed by atoms with Crippen LogP contribution in [0.4, 0.5) is 5.69 Å². The predicted molar refractivity (Wildman–Crippen MR) is 110 cm³/mol. The van der Waals surface area contributed by atoms with Crippen LogP contribution in [0.5, 0.6) is 17.2 Å². The molecule has 2 aromatic rings. The number of ether oxygens (including phenoxy) is 3. The lowest BCUT2D eigenvalue weighted by Gasteiger charge is -2.28. The number of carbonyl (C=O) groups is 1. The molecule has 0 fully saturated rings. The quantitative estimate of drug-likeness (QED) is 0.727. The summed E-state index contributed by atoms with van der Waals surface area (Å²) in [5, 5.41) is 6.81. The molecule has 2 N–H and O–H groups in total. The van der Waals surface area contributed by atoms with Crippen molar-refractivity contribution >= 4 is 23.2 Å². The predicted octanol–water partition coefficient (Wildman–Crippen LogP) is 4.09. The largest absolute Gasteiger partial charge is 0.496 e. The van der Waals surface area contributed by atoms with Gasteiger partial charge in [-0.2, -0.15) is 0 Å². The second kappa shape index (κ2) is 9.06. The molecule has 28 heavy (non-hydrogen) atoms. The third-order valence-corrected chi connectivity index (χ3v) is 5.01. The van der Waals surface area contributed by atoms with Crippen molar-refractivity contribution in [2.24, 2.45) is 0 Å². The fourth-order valence-electron chi connectivity index (χ4n) is 3.37. The molecule has 0 bridgehead atoms. The van der Waals surface area contributed by atoms with Gasteiger partial charge in [0.1, 0.15) is 17.2 Å². The van der Waals surface area contributed by atoms with E-state index in [0.717, 1.165) is 35.7 Å². The maximum atomic E-state index is 12.7. The Balaban J connectivity index is 1.79. The normalized spacial score (nSPS) is 15.2. The molecule has 1 atom stereocenters. The molecule has 1 heterocycles. The Labute approximate surface area is 170 Å². The first-order chi connectivity index (χ1) is 13.6. The Hall–Kier alpha value is -2.60. The topological polar surface area (TPSA) is 68.8 Å². The highest BCUT2D eigenvalue weighted by molar-refractivity contribution is 6.31. The van der Waals surface area contributed by atoms with Crippen LogP contribution in [-0.4, -0.2) is 39.8 Å². The van der Waals surface area contributed by atoms with E-state index in [4.69, 9.17) is 25.8 Å². The van der Waals surface area contributed by atoms with Crippen LogP contribution >= 0.6 is 11.6 Å². The molecule has 1 aliphatic rings. The second-order valence-corrected chi connectivity index (χ2v) is 6.95. The summed E-state index contributed by atoms with van der Waals surface area (Å²) in [5.74, 6) is 1.96. The van der Waals surface area contributed by atoms with Gasteiger partial charge in [0, 0.05) is 35.7 Å². The number of halogens is 1. The minimum absolute atomic E-state index is 0.140. The number of nitrogens with one attached hydrogen (secondary N) is 2. The fourth-order valence-corrected chi connectivity index (χ4v) is 3.54. The van der Waals surface area contributed by atoms with E-state index in [1.54, 1.807) is 25.3 Å². The van der Waals surface area contributed by atoms with Gasteiger partial charge in [-0.1, -0.05) is 11.6 Å². The maximum absolute atomic E-state index is 12.7. The van der Waals surface area contributed by atoms with E-state index in [9.17, 15) is 4.79 Å². The van der Waals surface area contributed by atoms with Gasteiger partial charge in [-0.05, 0) is 37.6 Å². The van der Waals surface area contributed by atoms with Crippen molar-refractivity contribution in [3.8, 4) is 17.2 Å². The van der Waals surface area contributed by atoms with Crippen LogP contribution in [0, 0.1) is 0 Å². The SMILES string of the molecule is CCNc1cc2c(cc1OC)OCCC2CNC(=O)c1cc(Cl)ccc1OC. The zero-order valence-corrected chi connectivity index (χ0v) is 17.1. The number of amides is 1. The van der Waals surface area contributed by atoms with E-state index in [2.05, 4.69) is 10.6 Å². The molecule has 0 radical (unpaired) electrons. The van der Waals surface area contributed by atoms with E-state index in [1.807, 2.05) is 19.1 Å². The lowest BCUT2D eigenvalue weighted by atomic mass is 9.92. The molecule has 0 aromatic heterocycles. The van der Waals surface area contributed by atoms with Crippen molar-refractivity contribution in [1.29, 1.82) is 0 Å². The summed E-state index contributed by atoms with van der Waals surface area (Å²) in [6.45, 7) is 3.90. The number of rotatable bonds is 7. The van der Waals surface area contributed by atoms with Gasteiger partial charge < -0.3 is 24.8 Å². The van der Waals surface area contributed by atoms with Crippen LogP contribution < -0.4 is 24.8 Å². The molecule has 7 heteroatoms. The van der Waals surface area contributed by atoms with Crippen LogP contribution in [0.2, 0.25) is 5.02 Å². The van der Waals surface area contributed by atoms with Crippen LogP contribution in [0.1, 0.15) is 35.2 Å². The smallest absolute Gasteiger partial charge is 0.255 e. The number of hydrogen-bond acceptors (Lipinski definition) is 5. The number of methoxy groups -OCH3 is 2. The highest BCUT2D eigenvalue weighted by Crippen LogP contribution is 2.40. The summed E-state index contributed by atoms with van der Waals surface area (Å²) < 4.78 is 16.5. The van der Waals surface area contributed by atoms with Gasteiger partial charge in [-0.3, -0.25) is 4.79 Å². The van der Waals surface area contributed by atoms with Crippen molar-refractivity contribution in [3.63, 3.8) is 0 Å². The van der Waals surface area contributed by atoms with E-state index in [1.165, 1.54) is 7.11 Å². The molecule has 1 aliphatic heterocycles. The van der Waals surface area contributed by atoms with Gasteiger partial charge >= 0.3 is 0 Å². The monoisotopic (exact) mass is 404 g/mol. The highest BCUT2D eigenvalue weighted by Gasteiger charge is 2.25. The van der Waals surface area contributed by atoms with Gasteiger partial charge in [0.25, 0.3) is 5.91 Å². The number of fused-ring (bicyclic) bond motifs is 1. The van der Waals surface area contributed by atoms with Crippen molar-refractivity contribution in [1.82, 2.24) is 5.32 Å². The molecule has 0 saturated carbocycles. The molecule has 0 aliphatic carbocycles. The first kappa shape index (κ1) is 20.1. The zero-order chi connectivity index (χ0) is 20.1. The molecule has 2 aromatic carbocycles. The number of hydrogen-bond donors (Lipinski definition) is 2. The van der Waals surface area contributed by atoms with Crippen molar-refractivity contribution < 1.29 is 19.0 Å². The number of benzene rings is 2. The van der Waals surface area contributed by atoms with E-state index < -0.39 is 0 Å². The first-order valence-corrected chi connectivity index (χ1v) is 9.65. The molecule has 0 saturated heterocycles. The van der Waals surface area contributed by atoms with E-state index in [0.29, 0.717) is 29.5 Å². The fraction of sp³-hybridized carbons (Fsp3) is 0.381. The molecule has 6 nitrogen and oxygen atoms in total. The standard InChI is InChI=1S/C21H25ClN2O4/c1-4-23-17-10-15-13(7-8-28-19(15)11-20(17)27-3)12-24-21(25)16-9-14(22)5-6-18(16)26-2/h5-6,9-11,13,23H,4,7-8,12H2,1-3H3,(H,24,25). The Morgan fingerprint density at radius 3 is 2.71 bits per heavy atom. The van der Waals surface area contributed by atoms with Crippen molar-refractivity contribution in [2.45, 2.75) is 19.3 Å². The minimum Gasteiger partial charge on any atom is -0.496 e. The minimum atomic E-state index is -0.215. The summed E-state index contributed by atoms with van der Waals surface area (Å²) in [4.78, 5) is 12.7. The Kier molecular flexibility index (Phi) is 6.52. The summed E-state index contributed by atoms with van der Waals surface area (Å²) >= 11 is 6.04. The van der Waals surface area contributed by atoms with Crippen molar-refractivity contribution in [3.05, 3.63) is 46.5 Å². The van der Waals surface area contributed by atoms with Gasteiger partial charge in [0.15, 0.2) is 0 Å². The van der Waals surface area contributed by atoms with Gasteiger partial charge in [0.2, 0.25) is 0 Å². The van der Waals surface area contributed by atoms with Crippen LogP contribution in [0.25, 0.3) is 0 Å². The molecule has 0 spiro atoms. The van der Waals surface area contributed by atoms with Crippen molar-refractivity contribution in [2.75, 3.05) is 39.2 Å². The average molecular weight is 405 g/mol. The molecule has 150 valence electrons. The third-order valence-electron chi connectivity index (χ3n) is 4.78. The lowest BCUT2D eigenvalue weighted by Crippen LogP contribution is -2.31. The summed E-state index contributed by atoms with van der Waals surface area (Å²) in [5.41, 5.74) is 2.40. The highest BCUT2D eigenvalue weighted by atomic mass is 35.5. The van der Waals surface area contributed by atoms with Crippen LogP contribution in [0.3, 0.4) is 0 Å². The van der Waals surface area contributed by atoms with Gasteiger partial charge in [0.05, 0.1) is 32.1 Å². The van der Waals surface area contributed by atoms with Crippen LogP contribution in [0.15, 0.2) is 30.3 Å². The Morgan fingerprint density at radius 1 is 1.21 bits per heavy atom. The maximum Gasteiger partial charge on any atom is 0.255 e. The first-order valence-electron chi connectivity index (χ1n) is 9.27. The number of anilines is 1. The van der Waals surface area contributed by atoms with Gasteiger partial charge in [-0.15, -0.1) is 0 Å². The Bertz CT molecular complexity index is 857. The molecule has 3 rings (SSSR count). The summed E-state index contributed by atoms with van der Waals surface area (Å²) in [6.07, 6.45) is 0.817. The molecule has 1 unspecified atom stereocenters. The van der Waals surface area contributed by atoms with Crippen LogP contribution in [-0.2, 0) is 0 Å². The Morgan fingerprint density at radius 2 is 2.00 bits per heavy atom. The third kappa shape index (κ3) is 4.28. The molecule has 1 amide bonds.